The summed E-state index contributed by atoms with van der Waals surface area (Å²) in [5.74, 6) is 0.155. The Morgan fingerprint density at radius 1 is 1.29 bits per heavy atom. The van der Waals surface area contributed by atoms with Gasteiger partial charge in [-0.05, 0) is 24.5 Å². The molecule has 1 N–H and O–H groups in total. The molecule has 1 aromatic carbocycles. The fourth-order valence-corrected chi connectivity index (χ4v) is 2.37. The van der Waals surface area contributed by atoms with E-state index in [1.807, 2.05) is 6.07 Å². The third kappa shape index (κ3) is 3.57. The van der Waals surface area contributed by atoms with Crippen LogP contribution in [0, 0.1) is 5.82 Å². The Kier molecular flexibility index (Phi) is 5.71. The van der Waals surface area contributed by atoms with E-state index in [1.165, 1.54) is 6.07 Å². The summed E-state index contributed by atoms with van der Waals surface area (Å²) in [7, 11) is 0. The molecular formula is C13H18Cl2FN. The van der Waals surface area contributed by atoms with Gasteiger partial charge in [0.15, 0.2) is 0 Å². The van der Waals surface area contributed by atoms with Crippen molar-refractivity contribution in [3.63, 3.8) is 0 Å². The van der Waals surface area contributed by atoms with Gasteiger partial charge >= 0.3 is 0 Å². The molecule has 0 radical (unpaired) electrons. The predicted octanol–water partition coefficient (Wildman–Crippen LogP) is 4.37. The van der Waals surface area contributed by atoms with E-state index >= 15 is 0 Å². The van der Waals surface area contributed by atoms with Crippen LogP contribution in [0.25, 0.3) is 0 Å². The smallest absolute Gasteiger partial charge is 0.142 e. The second-order valence-corrected chi connectivity index (χ2v) is 4.83. The van der Waals surface area contributed by atoms with Crippen molar-refractivity contribution in [3.05, 3.63) is 34.6 Å². The molecule has 0 aliphatic rings. The first-order valence-electron chi connectivity index (χ1n) is 5.82. The summed E-state index contributed by atoms with van der Waals surface area (Å²) >= 11 is 11.9. The molecule has 0 unspecified atom stereocenters. The summed E-state index contributed by atoms with van der Waals surface area (Å²) < 4.78 is 13.3. The van der Waals surface area contributed by atoms with E-state index in [-0.39, 0.29) is 16.4 Å². The molecule has 0 fully saturated rings. The molecule has 0 heterocycles. The highest BCUT2D eigenvalue weighted by atomic mass is 35.5. The average Bonchev–Trinajstić information content (AvgIpc) is 2.36. The molecular weight excluding hydrogens is 260 g/mol. The van der Waals surface area contributed by atoms with E-state index in [0.717, 1.165) is 18.4 Å². The Bertz CT molecular complexity index is 356. The van der Waals surface area contributed by atoms with Gasteiger partial charge in [-0.2, -0.15) is 0 Å². The normalized spacial score (nSPS) is 11.8. The molecule has 0 aromatic heterocycles. The monoisotopic (exact) mass is 277 g/mol. The standard InChI is InChI=1S/C13H18Cl2FN/c1-3-13(4-2,9-14)17-8-10-6-5-7-11(16)12(10)15/h5-7,17H,3-4,8-9H2,1-2H3. The molecule has 0 amide bonds. The quantitative estimate of drug-likeness (QED) is 0.762. The van der Waals surface area contributed by atoms with Gasteiger partial charge in [0, 0.05) is 18.0 Å². The van der Waals surface area contributed by atoms with Gasteiger partial charge in [0.05, 0.1) is 5.02 Å². The molecule has 4 heteroatoms. The first-order valence-corrected chi connectivity index (χ1v) is 6.73. The van der Waals surface area contributed by atoms with Gasteiger partial charge in [-0.15, -0.1) is 11.6 Å². The van der Waals surface area contributed by atoms with E-state index < -0.39 is 0 Å². The van der Waals surface area contributed by atoms with E-state index in [2.05, 4.69) is 19.2 Å². The van der Waals surface area contributed by atoms with Crippen molar-refractivity contribution in [2.75, 3.05) is 5.88 Å². The largest absolute Gasteiger partial charge is 0.306 e. The summed E-state index contributed by atoms with van der Waals surface area (Å²) in [4.78, 5) is 0. The molecule has 0 bridgehead atoms. The lowest BCUT2D eigenvalue weighted by atomic mass is 9.95. The van der Waals surface area contributed by atoms with Crippen molar-refractivity contribution < 1.29 is 4.39 Å². The Hall–Kier alpha value is -0.310. The van der Waals surface area contributed by atoms with Crippen LogP contribution < -0.4 is 5.32 Å². The van der Waals surface area contributed by atoms with Gasteiger partial charge in [0.2, 0.25) is 0 Å². The van der Waals surface area contributed by atoms with Crippen LogP contribution in [0.2, 0.25) is 5.02 Å². The number of benzene rings is 1. The van der Waals surface area contributed by atoms with Gasteiger partial charge in [-0.3, -0.25) is 0 Å². The summed E-state index contributed by atoms with van der Waals surface area (Å²) in [6.07, 6.45) is 1.86. The second kappa shape index (κ2) is 6.58. The average molecular weight is 278 g/mol. The highest BCUT2D eigenvalue weighted by Crippen LogP contribution is 2.22. The summed E-state index contributed by atoms with van der Waals surface area (Å²) in [6, 6.07) is 4.85. The third-order valence-electron chi connectivity index (χ3n) is 3.29. The molecule has 0 spiro atoms. The zero-order valence-electron chi connectivity index (χ0n) is 10.2. The Balaban J connectivity index is 2.75. The first kappa shape index (κ1) is 14.7. The number of hydrogen-bond donors (Lipinski definition) is 1. The SMILES string of the molecule is CCC(CC)(CCl)NCc1cccc(F)c1Cl. The van der Waals surface area contributed by atoms with E-state index in [4.69, 9.17) is 23.2 Å². The molecule has 96 valence electrons. The maximum atomic E-state index is 13.3. The third-order valence-corrected chi connectivity index (χ3v) is 4.23. The number of nitrogens with one attached hydrogen (secondary N) is 1. The van der Waals surface area contributed by atoms with E-state index in [9.17, 15) is 4.39 Å². The minimum atomic E-state index is -0.379. The van der Waals surface area contributed by atoms with E-state index in [1.54, 1.807) is 6.07 Å². The van der Waals surface area contributed by atoms with Gasteiger partial charge in [0.25, 0.3) is 0 Å². The van der Waals surface area contributed by atoms with Crippen LogP contribution >= 0.6 is 23.2 Å². The van der Waals surface area contributed by atoms with Gasteiger partial charge in [-0.1, -0.05) is 37.6 Å². The maximum absolute atomic E-state index is 13.3. The molecule has 0 saturated carbocycles. The molecule has 0 saturated heterocycles. The predicted molar refractivity (Wildman–Crippen MR) is 72.3 cm³/mol. The van der Waals surface area contributed by atoms with Crippen LogP contribution in [0.1, 0.15) is 32.3 Å². The highest BCUT2D eigenvalue weighted by Gasteiger charge is 2.24. The lowest BCUT2D eigenvalue weighted by molar-refractivity contribution is 0.334. The van der Waals surface area contributed by atoms with Gasteiger partial charge in [-0.25, -0.2) is 4.39 Å². The lowest BCUT2D eigenvalue weighted by Gasteiger charge is -2.31. The van der Waals surface area contributed by atoms with Crippen LogP contribution in [0.3, 0.4) is 0 Å². The minimum absolute atomic E-state index is 0.1000. The number of hydrogen-bond acceptors (Lipinski definition) is 1. The summed E-state index contributed by atoms with van der Waals surface area (Å²) in [6.45, 7) is 4.71. The van der Waals surface area contributed by atoms with E-state index in [0.29, 0.717) is 12.4 Å². The molecule has 1 rings (SSSR count). The fraction of sp³-hybridized carbons (Fsp3) is 0.538. The second-order valence-electron chi connectivity index (χ2n) is 4.19. The summed E-state index contributed by atoms with van der Waals surface area (Å²) in [5.41, 5.74) is 0.667. The summed E-state index contributed by atoms with van der Waals surface area (Å²) in [5, 5.41) is 3.57. The van der Waals surface area contributed by atoms with Crippen LogP contribution in [0.5, 0.6) is 0 Å². The maximum Gasteiger partial charge on any atom is 0.142 e. The van der Waals surface area contributed by atoms with Crippen molar-refractivity contribution in [2.45, 2.75) is 38.8 Å². The molecule has 1 nitrogen and oxygen atoms in total. The first-order chi connectivity index (χ1) is 8.08. The van der Waals surface area contributed by atoms with Gasteiger partial charge < -0.3 is 5.32 Å². The van der Waals surface area contributed by atoms with Crippen molar-refractivity contribution in [3.8, 4) is 0 Å². The molecule has 1 aromatic rings. The number of alkyl halides is 1. The molecule has 17 heavy (non-hydrogen) atoms. The van der Waals surface area contributed by atoms with Crippen molar-refractivity contribution in [1.29, 1.82) is 0 Å². The zero-order chi connectivity index (χ0) is 12.9. The fourth-order valence-electron chi connectivity index (χ4n) is 1.70. The minimum Gasteiger partial charge on any atom is -0.306 e. The van der Waals surface area contributed by atoms with Gasteiger partial charge in [0.1, 0.15) is 5.82 Å². The highest BCUT2D eigenvalue weighted by molar-refractivity contribution is 6.31. The topological polar surface area (TPSA) is 12.0 Å². The zero-order valence-corrected chi connectivity index (χ0v) is 11.7. The molecule has 0 atom stereocenters. The van der Waals surface area contributed by atoms with Crippen molar-refractivity contribution >= 4 is 23.2 Å². The Morgan fingerprint density at radius 3 is 2.47 bits per heavy atom. The number of halogens is 3. The lowest BCUT2D eigenvalue weighted by Crippen LogP contribution is -2.45. The van der Waals surface area contributed by atoms with Crippen molar-refractivity contribution in [1.82, 2.24) is 5.32 Å². The van der Waals surface area contributed by atoms with Crippen LogP contribution in [-0.4, -0.2) is 11.4 Å². The number of rotatable bonds is 6. The van der Waals surface area contributed by atoms with Crippen LogP contribution in [-0.2, 0) is 6.54 Å². The Labute approximate surface area is 112 Å². The molecule has 0 aliphatic carbocycles. The van der Waals surface area contributed by atoms with Crippen LogP contribution in [0.15, 0.2) is 18.2 Å². The van der Waals surface area contributed by atoms with Crippen molar-refractivity contribution in [2.24, 2.45) is 0 Å². The molecule has 0 aliphatic heterocycles. The Morgan fingerprint density at radius 2 is 1.94 bits per heavy atom. The van der Waals surface area contributed by atoms with Crippen LogP contribution in [0.4, 0.5) is 4.39 Å².